The maximum atomic E-state index is 11.8. The summed E-state index contributed by atoms with van der Waals surface area (Å²) in [6, 6.07) is -0.958. The van der Waals surface area contributed by atoms with E-state index in [1.807, 2.05) is 6.92 Å². The van der Waals surface area contributed by atoms with Gasteiger partial charge in [0.1, 0.15) is 12.6 Å². The van der Waals surface area contributed by atoms with Gasteiger partial charge in [-0.25, -0.2) is 14.4 Å². The number of carbonyl (C=O) groups excluding carboxylic acids is 3. The van der Waals surface area contributed by atoms with Gasteiger partial charge in [-0.05, 0) is 19.3 Å². The Morgan fingerprint density at radius 1 is 1.16 bits per heavy atom. The van der Waals surface area contributed by atoms with Crippen molar-refractivity contribution < 1.29 is 23.9 Å². The van der Waals surface area contributed by atoms with E-state index in [2.05, 4.69) is 20.7 Å². The van der Waals surface area contributed by atoms with Crippen LogP contribution in [-0.2, 0) is 14.3 Å². The third kappa shape index (κ3) is 9.16. The fourth-order valence-corrected chi connectivity index (χ4v) is 2.77. The van der Waals surface area contributed by atoms with Crippen LogP contribution in [0.25, 0.3) is 0 Å². The largest absolute Gasteiger partial charge is 0.467 e. The minimum absolute atomic E-state index is 0.0732. The molecular formula is C17H31N3O5. The van der Waals surface area contributed by atoms with Crippen LogP contribution in [0.3, 0.4) is 0 Å². The standard InChI is InChI=1S/C17H31N3O5/c1-3-4-10-14(15(21)24-2)20-16(22)18-11-12-25-17(23)19-13-8-6-5-7-9-13/h13-14H,3-12H2,1-2H3,(H,19,23)(H2,18,20,22). The zero-order valence-corrected chi connectivity index (χ0v) is 15.3. The Morgan fingerprint density at radius 2 is 1.88 bits per heavy atom. The number of hydrogen-bond acceptors (Lipinski definition) is 5. The molecule has 1 atom stereocenters. The second kappa shape index (κ2) is 12.4. The van der Waals surface area contributed by atoms with Crippen LogP contribution >= 0.6 is 0 Å². The maximum absolute atomic E-state index is 11.8. The van der Waals surface area contributed by atoms with E-state index < -0.39 is 24.1 Å². The molecule has 0 aliphatic heterocycles. The first-order chi connectivity index (χ1) is 12.1. The van der Waals surface area contributed by atoms with Crippen LogP contribution in [0.4, 0.5) is 9.59 Å². The molecule has 0 aromatic heterocycles. The number of esters is 1. The number of nitrogens with one attached hydrogen (secondary N) is 3. The lowest BCUT2D eigenvalue weighted by Gasteiger charge is -2.22. The zero-order chi connectivity index (χ0) is 18.5. The van der Waals surface area contributed by atoms with E-state index in [4.69, 9.17) is 4.74 Å². The molecule has 1 saturated carbocycles. The molecule has 1 unspecified atom stereocenters. The lowest BCUT2D eigenvalue weighted by Crippen LogP contribution is -2.47. The number of alkyl carbamates (subject to hydrolysis) is 1. The highest BCUT2D eigenvalue weighted by molar-refractivity contribution is 5.83. The number of methoxy groups -OCH3 is 1. The zero-order valence-electron chi connectivity index (χ0n) is 15.3. The van der Waals surface area contributed by atoms with Gasteiger partial charge in [0.2, 0.25) is 0 Å². The van der Waals surface area contributed by atoms with E-state index in [1.165, 1.54) is 13.5 Å². The van der Waals surface area contributed by atoms with Crippen molar-refractivity contribution in [1.29, 1.82) is 0 Å². The lowest BCUT2D eigenvalue weighted by atomic mass is 9.96. The summed E-state index contributed by atoms with van der Waals surface area (Å²) in [6.45, 7) is 2.25. The fourth-order valence-electron chi connectivity index (χ4n) is 2.77. The predicted molar refractivity (Wildman–Crippen MR) is 93.2 cm³/mol. The summed E-state index contributed by atoms with van der Waals surface area (Å²) in [5.41, 5.74) is 0. The number of unbranched alkanes of at least 4 members (excludes halogenated alkanes) is 1. The van der Waals surface area contributed by atoms with Crippen molar-refractivity contribution in [2.45, 2.75) is 70.4 Å². The number of hydrogen-bond donors (Lipinski definition) is 3. The topological polar surface area (TPSA) is 106 Å². The molecule has 0 spiro atoms. The van der Waals surface area contributed by atoms with Crippen molar-refractivity contribution in [2.24, 2.45) is 0 Å². The second-order valence-corrected chi connectivity index (χ2v) is 6.23. The molecule has 0 aromatic rings. The van der Waals surface area contributed by atoms with E-state index in [1.54, 1.807) is 0 Å². The van der Waals surface area contributed by atoms with E-state index in [0.29, 0.717) is 6.42 Å². The second-order valence-electron chi connectivity index (χ2n) is 6.23. The first-order valence-electron chi connectivity index (χ1n) is 9.12. The van der Waals surface area contributed by atoms with E-state index >= 15 is 0 Å². The molecule has 144 valence electrons. The third-order valence-electron chi connectivity index (χ3n) is 4.19. The molecule has 3 amide bonds. The molecule has 3 N–H and O–H groups in total. The quantitative estimate of drug-likeness (QED) is 0.433. The molecule has 0 aromatic carbocycles. The monoisotopic (exact) mass is 357 g/mol. The van der Waals surface area contributed by atoms with Gasteiger partial charge in [-0.1, -0.05) is 39.0 Å². The number of ether oxygens (including phenoxy) is 2. The molecule has 8 nitrogen and oxygen atoms in total. The van der Waals surface area contributed by atoms with Crippen LogP contribution in [0, 0.1) is 0 Å². The van der Waals surface area contributed by atoms with Crippen LogP contribution in [0.1, 0.15) is 58.3 Å². The Hall–Kier alpha value is -1.99. The van der Waals surface area contributed by atoms with Crippen molar-refractivity contribution in [2.75, 3.05) is 20.3 Å². The number of carbonyl (C=O) groups is 3. The minimum atomic E-state index is -0.666. The Labute approximate surface area is 149 Å². The molecule has 25 heavy (non-hydrogen) atoms. The highest BCUT2D eigenvalue weighted by Gasteiger charge is 2.20. The maximum Gasteiger partial charge on any atom is 0.407 e. The Balaban J connectivity index is 2.17. The smallest absolute Gasteiger partial charge is 0.407 e. The highest BCUT2D eigenvalue weighted by Crippen LogP contribution is 2.17. The Kier molecular flexibility index (Phi) is 10.4. The normalized spacial score (nSPS) is 15.8. The minimum Gasteiger partial charge on any atom is -0.467 e. The lowest BCUT2D eigenvalue weighted by molar-refractivity contribution is -0.143. The number of rotatable bonds is 9. The van der Waals surface area contributed by atoms with Crippen molar-refractivity contribution in [1.82, 2.24) is 16.0 Å². The van der Waals surface area contributed by atoms with Gasteiger partial charge in [0, 0.05) is 6.04 Å². The first kappa shape index (κ1) is 21.1. The molecule has 8 heteroatoms. The van der Waals surface area contributed by atoms with Gasteiger partial charge in [0.15, 0.2) is 0 Å². The summed E-state index contributed by atoms with van der Waals surface area (Å²) in [6.07, 6.45) is 7.26. The van der Waals surface area contributed by atoms with Gasteiger partial charge < -0.3 is 25.4 Å². The molecule has 0 saturated heterocycles. The van der Waals surface area contributed by atoms with Crippen molar-refractivity contribution >= 4 is 18.1 Å². The van der Waals surface area contributed by atoms with Crippen molar-refractivity contribution in [3.63, 3.8) is 0 Å². The van der Waals surface area contributed by atoms with Crippen LogP contribution in [0.2, 0.25) is 0 Å². The van der Waals surface area contributed by atoms with Gasteiger partial charge in [-0.15, -0.1) is 0 Å². The van der Waals surface area contributed by atoms with Crippen molar-refractivity contribution in [3.05, 3.63) is 0 Å². The molecule has 0 heterocycles. The van der Waals surface area contributed by atoms with Gasteiger partial charge in [0.25, 0.3) is 0 Å². The third-order valence-corrected chi connectivity index (χ3v) is 4.19. The SMILES string of the molecule is CCCCC(NC(=O)NCCOC(=O)NC1CCCCC1)C(=O)OC. The molecule has 0 bridgehead atoms. The summed E-state index contributed by atoms with van der Waals surface area (Å²) >= 11 is 0. The summed E-state index contributed by atoms with van der Waals surface area (Å²) in [5.74, 6) is -0.466. The molecule has 0 radical (unpaired) electrons. The highest BCUT2D eigenvalue weighted by atomic mass is 16.5. The number of urea groups is 1. The summed E-state index contributed by atoms with van der Waals surface area (Å²) in [4.78, 5) is 35.1. The summed E-state index contributed by atoms with van der Waals surface area (Å²) < 4.78 is 9.73. The van der Waals surface area contributed by atoms with Gasteiger partial charge in [0.05, 0.1) is 13.7 Å². The Bertz CT molecular complexity index is 425. The van der Waals surface area contributed by atoms with Crippen LogP contribution in [-0.4, -0.2) is 50.4 Å². The molecule has 1 aliphatic rings. The van der Waals surface area contributed by atoms with Crippen molar-refractivity contribution in [3.8, 4) is 0 Å². The average molecular weight is 357 g/mol. The molecule has 1 fully saturated rings. The molecular weight excluding hydrogens is 326 g/mol. The van der Waals surface area contributed by atoms with E-state index in [0.717, 1.165) is 38.5 Å². The summed E-state index contributed by atoms with van der Waals surface area (Å²) in [5, 5.41) is 7.97. The first-order valence-corrected chi connectivity index (χ1v) is 9.12. The molecule has 1 rings (SSSR count). The van der Waals surface area contributed by atoms with E-state index in [-0.39, 0.29) is 19.2 Å². The summed E-state index contributed by atoms with van der Waals surface area (Å²) in [7, 11) is 1.29. The van der Waals surface area contributed by atoms with Crippen LogP contribution in [0.5, 0.6) is 0 Å². The predicted octanol–water partition coefficient (Wildman–Crippen LogP) is 2.08. The van der Waals surface area contributed by atoms with Gasteiger partial charge >= 0.3 is 18.1 Å². The van der Waals surface area contributed by atoms with Gasteiger partial charge in [-0.3, -0.25) is 0 Å². The number of amides is 3. The molecule has 1 aliphatic carbocycles. The van der Waals surface area contributed by atoms with Gasteiger partial charge in [-0.2, -0.15) is 0 Å². The van der Waals surface area contributed by atoms with Crippen LogP contribution < -0.4 is 16.0 Å². The fraction of sp³-hybridized carbons (Fsp3) is 0.824. The van der Waals surface area contributed by atoms with E-state index in [9.17, 15) is 14.4 Å². The average Bonchev–Trinajstić information content (AvgIpc) is 2.62. The Morgan fingerprint density at radius 3 is 2.52 bits per heavy atom. The van der Waals surface area contributed by atoms with Crippen LogP contribution in [0.15, 0.2) is 0 Å².